The zero-order valence-electron chi connectivity index (χ0n) is 12.7. The van der Waals surface area contributed by atoms with Crippen LogP contribution in [0.5, 0.6) is 0 Å². The second-order valence-electron chi connectivity index (χ2n) is 4.61. The average Bonchev–Trinajstić information content (AvgIpc) is 2.49. The molecule has 0 aliphatic heterocycles. The standard InChI is InChI=1S/C12H14ClF3N4O4/c1-3-7(10(21)24-2)19(5-4-12(14,15)16)9-8(20(22)23)6-17-11(13)18-9/h6-7H,3-5H2,1-2H3. The van der Waals surface area contributed by atoms with Crippen LogP contribution >= 0.6 is 11.6 Å². The number of alkyl halides is 3. The Morgan fingerprint density at radius 2 is 2.17 bits per heavy atom. The van der Waals surface area contributed by atoms with Gasteiger partial charge in [-0.1, -0.05) is 6.92 Å². The lowest BCUT2D eigenvalue weighted by Crippen LogP contribution is -2.44. The number of anilines is 1. The van der Waals surface area contributed by atoms with Gasteiger partial charge in [-0.25, -0.2) is 9.78 Å². The molecule has 12 heteroatoms. The van der Waals surface area contributed by atoms with E-state index in [9.17, 15) is 28.1 Å². The Hall–Kier alpha value is -2.17. The lowest BCUT2D eigenvalue weighted by molar-refractivity contribution is -0.384. The van der Waals surface area contributed by atoms with Crippen molar-refractivity contribution in [3.05, 3.63) is 21.6 Å². The van der Waals surface area contributed by atoms with Gasteiger partial charge in [0.05, 0.1) is 18.5 Å². The third kappa shape index (κ3) is 5.18. The lowest BCUT2D eigenvalue weighted by Gasteiger charge is -2.30. The first-order chi connectivity index (χ1) is 11.1. The summed E-state index contributed by atoms with van der Waals surface area (Å²) in [6.07, 6.45) is -5.02. The zero-order valence-corrected chi connectivity index (χ0v) is 13.5. The van der Waals surface area contributed by atoms with Crippen LogP contribution < -0.4 is 4.90 Å². The Morgan fingerprint density at radius 3 is 2.62 bits per heavy atom. The van der Waals surface area contributed by atoms with Crippen LogP contribution in [0.4, 0.5) is 24.7 Å². The summed E-state index contributed by atoms with van der Waals surface area (Å²) in [5.74, 6) is -1.31. The first-order valence-electron chi connectivity index (χ1n) is 6.68. The number of nitro groups is 1. The van der Waals surface area contributed by atoms with Crippen molar-refractivity contribution < 1.29 is 27.6 Å². The number of methoxy groups -OCH3 is 1. The van der Waals surface area contributed by atoms with Crippen LogP contribution in [0.15, 0.2) is 6.20 Å². The van der Waals surface area contributed by atoms with Crippen LogP contribution in [0.2, 0.25) is 5.28 Å². The molecule has 0 aliphatic carbocycles. The number of nitrogens with zero attached hydrogens (tertiary/aromatic N) is 4. The van der Waals surface area contributed by atoms with Crippen LogP contribution in [0.1, 0.15) is 19.8 Å². The summed E-state index contributed by atoms with van der Waals surface area (Å²) in [6, 6.07) is -1.19. The highest BCUT2D eigenvalue weighted by molar-refractivity contribution is 6.28. The van der Waals surface area contributed by atoms with Crippen molar-refractivity contribution in [2.24, 2.45) is 0 Å². The minimum atomic E-state index is -4.53. The maximum absolute atomic E-state index is 12.6. The summed E-state index contributed by atoms with van der Waals surface area (Å²) < 4.78 is 42.3. The van der Waals surface area contributed by atoms with Gasteiger partial charge in [-0.15, -0.1) is 0 Å². The van der Waals surface area contributed by atoms with E-state index in [0.29, 0.717) is 0 Å². The summed E-state index contributed by atoms with van der Waals surface area (Å²) >= 11 is 5.61. The molecular weight excluding hydrogens is 357 g/mol. The minimum Gasteiger partial charge on any atom is -0.467 e. The topological polar surface area (TPSA) is 98.5 Å². The molecule has 1 unspecified atom stereocenters. The second-order valence-corrected chi connectivity index (χ2v) is 4.95. The number of rotatable bonds is 7. The van der Waals surface area contributed by atoms with Crippen LogP contribution in [0.3, 0.4) is 0 Å². The molecule has 0 saturated heterocycles. The molecule has 1 heterocycles. The van der Waals surface area contributed by atoms with Gasteiger partial charge in [-0.3, -0.25) is 10.1 Å². The molecule has 1 aromatic heterocycles. The van der Waals surface area contributed by atoms with Crippen molar-refractivity contribution in [1.29, 1.82) is 0 Å². The fourth-order valence-corrected chi connectivity index (χ4v) is 2.12. The molecule has 0 fully saturated rings. The van der Waals surface area contributed by atoms with E-state index in [1.807, 2.05) is 0 Å². The second kappa shape index (κ2) is 8.08. The molecule has 8 nitrogen and oxygen atoms in total. The van der Waals surface area contributed by atoms with Crippen molar-refractivity contribution in [3.63, 3.8) is 0 Å². The summed E-state index contributed by atoms with van der Waals surface area (Å²) in [5, 5.41) is 10.7. The summed E-state index contributed by atoms with van der Waals surface area (Å²) in [5.41, 5.74) is -0.663. The Balaban J connectivity index is 3.38. The van der Waals surface area contributed by atoms with E-state index >= 15 is 0 Å². The minimum absolute atomic E-state index is 0.0449. The molecule has 0 radical (unpaired) electrons. The van der Waals surface area contributed by atoms with Gasteiger partial charge < -0.3 is 9.64 Å². The number of ether oxygens (including phenoxy) is 1. The molecule has 0 bridgehead atoms. The van der Waals surface area contributed by atoms with Crippen molar-refractivity contribution in [3.8, 4) is 0 Å². The van der Waals surface area contributed by atoms with Crippen LogP contribution in [-0.2, 0) is 9.53 Å². The van der Waals surface area contributed by atoms with Gasteiger partial charge in [-0.2, -0.15) is 18.2 Å². The summed E-state index contributed by atoms with van der Waals surface area (Å²) in [4.78, 5) is 30.1. The van der Waals surface area contributed by atoms with Gasteiger partial charge in [0.25, 0.3) is 0 Å². The molecule has 0 amide bonds. The Morgan fingerprint density at radius 1 is 1.54 bits per heavy atom. The molecular formula is C12H14ClF3N4O4. The molecule has 0 saturated carbocycles. The number of carbonyl (C=O) groups excluding carboxylic acids is 1. The van der Waals surface area contributed by atoms with Gasteiger partial charge in [0, 0.05) is 6.54 Å². The number of carbonyl (C=O) groups is 1. The van der Waals surface area contributed by atoms with Gasteiger partial charge in [0.15, 0.2) is 0 Å². The smallest absolute Gasteiger partial charge is 0.390 e. The number of hydrogen-bond acceptors (Lipinski definition) is 7. The number of hydrogen-bond donors (Lipinski definition) is 0. The normalized spacial score (nSPS) is 12.6. The fourth-order valence-electron chi connectivity index (χ4n) is 1.99. The van der Waals surface area contributed by atoms with Gasteiger partial charge >= 0.3 is 17.8 Å². The summed E-state index contributed by atoms with van der Waals surface area (Å²) in [7, 11) is 1.06. The largest absolute Gasteiger partial charge is 0.467 e. The molecule has 0 aliphatic rings. The zero-order chi connectivity index (χ0) is 18.5. The van der Waals surface area contributed by atoms with Crippen molar-refractivity contribution in [2.45, 2.75) is 32.0 Å². The van der Waals surface area contributed by atoms with Crippen molar-refractivity contribution in [2.75, 3.05) is 18.6 Å². The number of aromatic nitrogens is 2. The van der Waals surface area contributed by atoms with Crippen LogP contribution in [0, 0.1) is 10.1 Å². The average molecular weight is 371 g/mol. The number of halogens is 4. The molecule has 1 atom stereocenters. The first-order valence-corrected chi connectivity index (χ1v) is 7.06. The molecule has 134 valence electrons. The predicted molar refractivity (Wildman–Crippen MR) is 77.8 cm³/mol. The lowest BCUT2D eigenvalue weighted by atomic mass is 10.1. The van der Waals surface area contributed by atoms with E-state index in [1.54, 1.807) is 0 Å². The predicted octanol–water partition coefficient (Wildman–Crippen LogP) is 2.75. The van der Waals surface area contributed by atoms with Gasteiger partial charge in [-0.05, 0) is 18.0 Å². The van der Waals surface area contributed by atoms with Gasteiger partial charge in [0.1, 0.15) is 12.2 Å². The number of esters is 1. The monoisotopic (exact) mass is 370 g/mol. The van der Waals surface area contributed by atoms with E-state index in [1.165, 1.54) is 6.92 Å². The van der Waals surface area contributed by atoms with Crippen LogP contribution in [-0.4, -0.2) is 46.7 Å². The van der Waals surface area contributed by atoms with Crippen molar-refractivity contribution in [1.82, 2.24) is 9.97 Å². The molecule has 0 spiro atoms. The molecule has 24 heavy (non-hydrogen) atoms. The maximum atomic E-state index is 12.6. The third-order valence-corrected chi connectivity index (χ3v) is 3.24. The third-order valence-electron chi connectivity index (χ3n) is 3.06. The Kier molecular flexibility index (Phi) is 6.70. The molecule has 1 aromatic rings. The highest BCUT2D eigenvalue weighted by atomic mass is 35.5. The quantitative estimate of drug-likeness (QED) is 0.315. The van der Waals surface area contributed by atoms with Crippen LogP contribution in [0.25, 0.3) is 0 Å². The highest BCUT2D eigenvalue weighted by Crippen LogP contribution is 2.31. The SMILES string of the molecule is CCC(C(=O)OC)N(CCC(F)(F)F)c1nc(Cl)ncc1[N+](=O)[O-]. The van der Waals surface area contributed by atoms with E-state index in [4.69, 9.17) is 11.6 Å². The molecule has 1 rings (SSSR count). The van der Waals surface area contributed by atoms with E-state index in [0.717, 1.165) is 18.2 Å². The summed E-state index contributed by atoms with van der Waals surface area (Å²) in [6.45, 7) is 0.794. The Labute approximate surface area is 139 Å². The highest BCUT2D eigenvalue weighted by Gasteiger charge is 2.35. The fraction of sp³-hybridized carbons (Fsp3) is 0.583. The first kappa shape index (κ1) is 19.9. The maximum Gasteiger partial charge on any atom is 0.390 e. The van der Waals surface area contributed by atoms with E-state index in [-0.39, 0.29) is 6.42 Å². The Bertz CT molecular complexity index is 614. The van der Waals surface area contributed by atoms with Crippen molar-refractivity contribution >= 4 is 29.1 Å². The van der Waals surface area contributed by atoms with E-state index < -0.39 is 52.9 Å². The van der Waals surface area contributed by atoms with Gasteiger partial charge in [0.2, 0.25) is 11.1 Å². The molecule has 0 aromatic carbocycles. The molecule has 0 N–H and O–H groups in total. The van der Waals surface area contributed by atoms with E-state index in [2.05, 4.69) is 14.7 Å².